The summed E-state index contributed by atoms with van der Waals surface area (Å²) in [5, 5.41) is 3.82. The lowest BCUT2D eigenvalue weighted by Gasteiger charge is -2.10. The monoisotopic (exact) mass is 511 g/mol. The predicted molar refractivity (Wildman–Crippen MR) is 133 cm³/mol. The number of carbonyl (C=O) groups is 2. The van der Waals surface area contributed by atoms with Gasteiger partial charge in [0.1, 0.15) is 5.75 Å². The lowest BCUT2D eigenvalue weighted by molar-refractivity contribution is -0.119. The molecule has 0 aliphatic rings. The van der Waals surface area contributed by atoms with E-state index in [4.69, 9.17) is 14.2 Å². The highest BCUT2D eigenvalue weighted by Crippen LogP contribution is 2.28. The van der Waals surface area contributed by atoms with Gasteiger partial charge < -0.3 is 14.2 Å². The fourth-order valence-corrected chi connectivity index (χ4v) is 3.93. The van der Waals surface area contributed by atoms with E-state index in [0.717, 1.165) is 0 Å². The molecule has 0 saturated heterocycles. The normalized spacial score (nSPS) is 11.2. The van der Waals surface area contributed by atoms with Gasteiger partial charge in [0.15, 0.2) is 11.5 Å². The number of sulfonamides is 1. The molecule has 188 valence electrons. The van der Waals surface area contributed by atoms with Crippen molar-refractivity contribution in [1.29, 1.82) is 0 Å². The summed E-state index contributed by atoms with van der Waals surface area (Å²) in [6.45, 7) is 1.90. The van der Waals surface area contributed by atoms with E-state index in [1.165, 1.54) is 31.5 Å². The van der Waals surface area contributed by atoms with E-state index in [1.54, 1.807) is 54.6 Å². The van der Waals surface area contributed by atoms with E-state index in [2.05, 4.69) is 15.2 Å². The van der Waals surface area contributed by atoms with Crippen molar-refractivity contribution in [3.8, 4) is 17.2 Å². The molecule has 0 radical (unpaired) electrons. The van der Waals surface area contributed by atoms with E-state index in [0.29, 0.717) is 23.5 Å². The van der Waals surface area contributed by atoms with Gasteiger partial charge in [-0.25, -0.2) is 23.4 Å². The molecule has 3 aromatic carbocycles. The number of ether oxygens (including phenoxy) is 3. The zero-order valence-electron chi connectivity index (χ0n) is 19.6. The first-order valence-electron chi connectivity index (χ1n) is 10.8. The second kappa shape index (κ2) is 12.5. The number of amides is 1. The topological polar surface area (TPSA) is 132 Å². The Morgan fingerprint density at radius 2 is 1.69 bits per heavy atom. The van der Waals surface area contributed by atoms with Gasteiger partial charge in [-0.2, -0.15) is 5.10 Å². The van der Waals surface area contributed by atoms with Crippen LogP contribution in [0.15, 0.2) is 82.8 Å². The largest absolute Gasteiger partial charge is 0.494 e. The third kappa shape index (κ3) is 7.39. The molecule has 0 atom stereocenters. The van der Waals surface area contributed by atoms with E-state index >= 15 is 0 Å². The van der Waals surface area contributed by atoms with Gasteiger partial charge >= 0.3 is 5.97 Å². The predicted octanol–water partition coefficient (Wildman–Crippen LogP) is 2.74. The average molecular weight is 512 g/mol. The minimum atomic E-state index is -3.81. The van der Waals surface area contributed by atoms with Crippen LogP contribution in [-0.2, 0) is 14.8 Å². The van der Waals surface area contributed by atoms with Crippen molar-refractivity contribution in [3.05, 3.63) is 83.9 Å². The van der Waals surface area contributed by atoms with Crippen LogP contribution in [0.5, 0.6) is 17.2 Å². The van der Waals surface area contributed by atoms with Gasteiger partial charge in [-0.05, 0) is 67.1 Å². The van der Waals surface area contributed by atoms with Crippen LogP contribution < -0.4 is 24.4 Å². The molecular formula is C25H25N3O7S. The van der Waals surface area contributed by atoms with Crippen LogP contribution in [0.1, 0.15) is 22.8 Å². The van der Waals surface area contributed by atoms with Crippen molar-refractivity contribution in [2.45, 2.75) is 11.8 Å². The molecule has 2 N–H and O–H groups in total. The lowest BCUT2D eigenvalue weighted by atomic mass is 10.2. The maximum atomic E-state index is 12.5. The number of rotatable bonds is 11. The molecule has 11 heteroatoms. The summed E-state index contributed by atoms with van der Waals surface area (Å²) in [5.41, 5.74) is 3.13. The molecule has 36 heavy (non-hydrogen) atoms. The fraction of sp³-hybridized carbons (Fsp3) is 0.160. The molecular weight excluding hydrogens is 486 g/mol. The maximum Gasteiger partial charge on any atom is 0.343 e. The van der Waals surface area contributed by atoms with Crippen LogP contribution in [0, 0.1) is 0 Å². The van der Waals surface area contributed by atoms with Crippen LogP contribution in [-0.4, -0.2) is 46.8 Å². The summed E-state index contributed by atoms with van der Waals surface area (Å²) in [5.74, 6) is -0.0920. The molecule has 0 aliphatic carbocycles. The Labute approximate surface area is 208 Å². The van der Waals surface area contributed by atoms with E-state index < -0.39 is 28.4 Å². The number of hydrazone groups is 1. The number of methoxy groups -OCH3 is 1. The standard InChI is InChI=1S/C25H25N3O7S/c1-3-34-20-12-10-19(11-13-20)25(30)35-22-14-9-18(15-23(22)33-2)16-26-28-24(29)17-27-36(31,32)21-7-5-4-6-8-21/h4-16,27H,3,17H2,1-2H3,(H,28,29)/b26-16+. The summed E-state index contributed by atoms with van der Waals surface area (Å²) in [6, 6.07) is 19.0. The second-order valence-electron chi connectivity index (χ2n) is 7.19. The van der Waals surface area contributed by atoms with Crippen molar-refractivity contribution in [3.63, 3.8) is 0 Å². The van der Waals surface area contributed by atoms with Gasteiger partial charge in [-0.1, -0.05) is 18.2 Å². The Morgan fingerprint density at radius 1 is 0.972 bits per heavy atom. The Kier molecular flexibility index (Phi) is 9.14. The molecule has 0 aromatic heterocycles. The third-order valence-corrected chi connectivity index (χ3v) is 6.09. The Hall–Kier alpha value is -4.22. The molecule has 0 bridgehead atoms. The zero-order valence-corrected chi connectivity index (χ0v) is 20.4. The first kappa shape index (κ1) is 26.4. The van der Waals surface area contributed by atoms with Crippen LogP contribution in [0.3, 0.4) is 0 Å². The first-order valence-corrected chi connectivity index (χ1v) is 12.3. The second-order valence-corrected chi connectivity index (χ2v) is 8.95. The van der Waals surface area contributed by atoms with Crippen molar-refractivity contribution in [2.24, 2.45) is 5.10 Å². The number of hydrogen-bond donors (Lipinski definition) is 2. The summed E-state index contributed by atoms with van der Waals surface area (Å²) >= 11 is 0. The van der Waals surface area contributed by atoms with Crippen molar-refractivity contribution in [1.82, 2.24) is 10.1 Å². The highest BCUT2D eigenvalue weighted by molar-refractivity contribution is 7.89. The minimum Gasteiger partial charge on any atom is -0.494 e. The van der Waals surface area contributed by atoms with E-state index in [1.807, 2.05) is 6.92 Å². The van der Waals surface area contributed by atoms with Gasteiger partial charge in [0.2, 0.25) is 10.0 Å². The number of nitrogens with one attached hydrogen (secondary N) is 2. The van der Waals surface area contributed by atoms with Crippen molar-refractivity contribution < 1.29 is 32.2 Å². The molecule has 0 fully saturated rings. The smallest absolute Gasteiger partial charge is 0.343 e. The summed E-state index contributed by atoms with van der Waals surface area (Å²) in [7, 11) is -2.39. The Balaban J connectivity index is 1.56. The maximum absolute atomic E-state index is 12.5. The quantitative estimate of drug-likeness (QED) is 0.175. The van der Waals surface area contributed by atoms with Crippen molar-refractivity contribution in [2.75, 3.05) is 20.3 Å². The number of carbonyl (C=O) groups excluding carboxylic acids is 2. The number of hydrogen-bond acceptors (Lipinski definition) is 8. The molecule has 0 aliphatic heterocycles. The Bertz CT molecular complexity index is 1330. The van der Waals surface area contributed by atoms with Gasteiger partial charge in [0, 0.05) is 0 Å². The highest BCUT2D eigenvalue weighted by Gasteiger charge is 2.15. The summed E-state index contributed by atoms with van der Waals surface area (Å²) < 4.78 is 42.6. The molecule has 1 amide bonds. The van der Waals surface area contributed by atoms with Gasteiger partial charge in [-0.15, -0.1) is 0 Å². The number of nitrogens with zero attached hydrogens (tertiary/aromatic N) is 1. The van der Waals surface area contributed by atoms with E-state index in [-0.39, 0.29) is 16.4 Å². The molecule has 0 unspecified atom stereocenters. The number of esters is 1. The molecule has 0 saturated carbocycles. The molecule has 3 aromatic rings. The third-order valence-electron chi connectivity index (χ3n) is 4.67. The van der Waals surface area contributed by atoms with Crippen LogP contribution in [0.2, 0.25) is 0 Å². The molecule has 0 heterocycles. The van der Waals surface area contributed by atoms with Gasteiger partial charge in [0.05, 0.1) is 36.9 Å². The lowest BCUT2D eigenvalue weighted by Crippen LogP contribution is -2.34. The SMILES string of the molecule is CCOc1ccc(C(=O)Oc2ccc(/C=N/NC(=O)CNS(=O)(=O)c3ccccc3)cc2OC)cc1. The van der Waals surface area contributed by atoms with E-state index in [9.17, 15) is 18.0 Å². The first-order chi connectivity index (χ1) is 17.3. The van der Waals surface area contributed by atoms with Crippen LogP contribution in [0.4, 0.5) is 0 Å². The van der Waals surface area contributed by atoms with Gasteiger partial charge in [0.25, 0.3) is 5.91 Å². The highest BCUT2D eigenvalue weighted by atomic mass is 32.2. The zero-order chi connectivity index (χ0) is 26.0. The Morgan fingerprint density at radius 3 is 2.36 bits per heavy atom. The minimum absolute atomic E-state index is 0.0525. The average Bonchev–Trinajstić information content (AvgIpc) is 2.89. The molecule has 0 spiro atoms. The van der Waals surface area contributed by atoms with Crippen LogP contribution in [0.25, 0.3) is 0 Å². The number of benzene rings is 3. The summed E-state index contributed by atoms with van der Waals surface area (Å²) in [6.07, 6.45) is 1.34. The van der Waals surface area contributed by atoms with Gasteiger partial charge in [-0.3, -0.25) is 4.79 Å². The fourth-order valence-electron chi connectivity index (χ4n) is 2.92. The molecule has 10 nitrogen and oxygen atoms in total. The van der Waals surface area contributed by atoms with Crippen LogP contribution >= 0.6 is 0 Å². The summed E-state index contributed by atoms with van der Waals surface area (Å²) in [4.78, 5) is 24.5. The molecule has 3 rings (SSSR count). The van der Waals surface area contributed by atoms with Crippen molar-refractivity contribution >= 4 is 28.1 Å².